The van der Waals surface area contributed by atoms with Crippen molar-refractivity contribution in [3.05, 3.63) is 54.6 Å². The van der Waals surface area contributed by atoms with E-state index < -0.39 is 0 Å². The number of nitrogens with two attached hydrogens (primary N) is 1. The first-order valence-electron chi connectivity index (χ1n) is 7.13. The second kappa shape index (κ2) is 6.36. The number of hydrogen-bond donors (Lipinski definition) is 1. The average molecular weight is 307 g/mol. The summed E-state index contributed by atoms with van der Waals surface area (Å²) in [7, 11) is 3.28. The maximum absolute atomic E-state index is 5.87. The molecule has 0 fully saturated rings. The number of nitrogen functional groups attached to an aromatic ring is 1. The largest absolute Gasteiger partial charge is 0.497 e. The standard InChI is InChI=1S/C18H17N3O2/c1-22-14-7-3-12(4-8-14)16-11-17(21-18(19)20-16)13-5-9-15(23-2)10-6-13/h3-11H,1-2H3,(H2,19,20,21). The second-order valence-corrected chi connectivity index (χ2v) is 4.95. The number of aromatic nitrogens is 2. The van der Waals surface area contributed by atoms with E-state index in [-0.39, 0.29) is 5.95 Å². The smallest absolute Gasteiger partial charge is 0.221 e. The second-order valence-electron chi connectivity index (χ2n) is 4.95. The summed E-state index contributed by atoms with van der Waals surface area (Å²) in [6.07, 6.45) is 0. The van der Waals surface area contributed by atoms with E-state index in [2.05, 4.69) is 9.97 Å². The summed E-state index contributed by atoms with van der Waals surface area (Å²) in [5, 5.41) is 0. The maximum Gasteiger partial charge on any atom is 0.221 e. The molecule has 0 unspecified atom stereocenters. The van der Waals surface area contributed by atoms with Gasteiger partial charge in [0, 0.05) is 11.1 Å². The Morgan fingerprint density at radius 2 is 1.09 bits per heavy atom. The number of nitrogens with zero attached hydrogens (tertiary/aromatic N) is 2. The van der Waals surface area contributed by atoms with Gasteiger partial charge in [0.1, 0.15) is 11.5 Å². The van der Waals surface area contributed by atoms with Crippen LogP contribution in [-0.2, 0) is 0 Å². The Bertz CT molecular complexity index is 734. The van der Waals surface area contributed by atoms with E-state index in [0.29, 0.717) is 0 Å². The first-order chi connectivity index (χ1) is 11.2. The molecule has 0 saturated heterocycles. The molecule has 0 aliphatic heterocycles. The highest BCUT2D eigenvalue weighted by atomic mass is 16.5. The Labute approximate surface area is 134 Å². The molecule has 5 heteroatoms. The lowest BCUT2D eigenvalue weighted by molar-refractivity contribution is 0.415. The monoisotopic (exact) mass is 307 g/mol. The third-order valence-corrected chi connectivity index (χ3v) is 3.52. The fourth-order valence-electron chi connectivity index (χ4n) is 2.29. The lowest BCUT2D eigenvalue weighted by Gasteiger charge is -2.08. The Balaban J connectivity index is 2.00. The van der Waals surface area contributed by atoms with Gasteiger partial charge in [-0.05, 0) is 54.6 Å². The minimum atomic E-state index is 0.240. The van der Waals surface area contributed by atoms with Gasteiger partial charge in [-0.2, -0.15) is 0 Å². The van der Waals surface area contributed by atoms with Crippen molar-refractivity contribution in [2.75, 3.05) is 20.0 Å². The molecule has 0 spiro atoms. The van der Waals surface area contributed by atoms with E-state index in [9.17, 15) is 0 Å². The van der Waals surface area contributed by atoms with Gasteiger partial charge < -0.3 is 15.2 Å². The average Bonchev–Trinajstić information content (AvgIpc) is 2.61. The van der Waals surface area contributed by atoms with Gasteiger partial charge in [-0.15, -0.1) is 0 Å². The van der Waals surface area contributed by atoms with Crippen LogP contribution in [0, 0.1) is 0 Å². The van der Waals surface area contributed by atoms with Crippen molar-refractivity contribution in [1.29, 1.82) is 0 Å². The van der Waals surface area contributed by atoms with E-state index in [0.717, 1.165) is 34.0 Å². The Kier molecular flexibility index (Phi) is 4.10. The molecule has 0 atom stereocenters. The summed E-state index contributed by atoms with van der Waals surface area (Å²) < 4.78 is 10.3. The first kappa shape index (κ1) is 14.8. The van der Waals surface area contributed by atoms with Crippen LogP contribution in [0.1, 0.15) is 0 Å². The molecule has 3 aromatic rings. The SMILES string of the molecule is COc1ccc(-c2cc(-c3ccc(OC)cc3)nc(N)n2)cc1. The minimum absolute atomic E-state index is 0.240. The van der Waals surface area contributed by atoms with Gasteiger partial charge >= 0.3 is 0 Å². The molecule has 0 bridgehead atoms. The van der Waals surface area contributed by atoms with Gasteiger partial charge in [0.05, 0.1) is 25.6 Å². The molecule has 1 heterocycles. The number of rotatable bonds is 4. The van der Waals surface area contributed by atoms with Gasteiger partial charge in [0.25, 0.3) is 0 Å². The zero-order valence-corrected chi connectivity index (χ0v) is 13.0. The number of benzene rings is 2. The fraction of sp³-hybridized carbons (Fsp3) is 0.111. The molecule has 0 amide bonds. The van der Waals surface area contributed by atoms with Crippen LogP contribution in [0.25, 0.3) is 22.5 Å². The summed E-state index contributed by atoms with van der Waals surface area (Å²) in [6.45, 7) is 0. The molecular weight excluding hydrogens is 290 g/mol. The van der Waals surface area contributed by atoms with E-state index >= 15 is 0 Å². The molecule has 3 rings (SSSR count). The van der Waals surface area contributed by atoms with Crippen molar-refractivity contribution in [3.8, 4) is 34.0 Å². The van der Waals surface area contributed by atoms with Crippen LogP contribution in [0.5, 0.6) is 11.5 Å². The molecule has 116 valence electrons. The number of ether oxygens (including phenoxy) is 2. The lowest BCUT2D eigenvalue weighted by Crippen LogP contribution is -1.98. The van der Waals surface area contributed by atoms with Crippen molar-refractivity contribution < 1.29 is 9.47 Å². The van der Waals surface area contributed by atoms with Gasteiger partial charge in [-0.3, -0.25) is 0 Å². The van der Waals surface area contributed by atoms with Crippen LogP contribution >= 0.6 is 0 Å². The van der Waals surface area contributed by atoms with Crippen LogP contribution in [-0.4, -0.2) is 24.2 Å². The third-order valence-electron chi connectivity index (χ3n) is 3.52. The molecule has 23 heavy (non-hydrogen) atoms. The van der Waals surface area contributed by atoms with Crippen molar-refractivity contribution in [3.63, 3.8) is 0 Å². The predicted molar refractivity (Wildman–Crippen MR) is 90.4 cm³/mol. The fourth-order valence-corrected chi connectivity index (χ4v) is 2.29. The number of methoxy groups -OCH3 is 2. The quantitative estimate of drug-likeness (QED) is 0.800. The molecule has 0 radical (unpaired) electrons. The molecule has 2 N–H and O–H groups in total. The topological polar surface area (TPSA) is 70.3 Å². The lowest BCUT2D eigenvalue weighted by atomic mass is 10.1. The van der Waals surface area contributed by atoms with Crippen molar-refractivity contribution in [1.82, 2.24) is 9.97 Å². The zero-order chi connectivity index (χ0) is 16.2. The predicted octanol–water partition coefficient (Wildman–Crippen LogP) is 3.41. The summed E-state index contributed by atoms with van der Waals surface area (Å²) in [5.41, 5.74) is 9.32. The third kappa shape index (κ3) is 3.23. The summed E-state index contributed by atoms with van der Waals surface area (Å²) >= 11 is 0. The minimum Gasteiger partial charge on any atom is -0.497 e. The molecule has 2 aromatic carbocycles. The van der Waals surface area contributed by atoms with E-state index in [1.807, 2.05) is 54.6 Å². The summed E-state index contributed by atoms with van der Waals surface area (Å²) in [5.74, 6) is 1.83. The van der Waals surface area contributed by atoms with Crippen LogP contribution in [0.4, 0.5) is 5.95 Å². The van der Waals surface area contributed by atoms with Gasteiger partial charge in [-0.1, -0.05) is 0 Å². The zero-order valence-electron chi connectivity index (χ0n) is 13.0. The normalized spacial score (nSPS) is 10.3. The highest BCUT2D eigenvalue weighted by Crippen LogP contribution is 2.27. The molecule has 1 aromatic heterocycles. The molecule has 0 aliphatic carbocycles. The van der Waals surface area contributed by atoms with Crippen LogP contribution < -0.4 is 15.2 Å². The first-order valence-corrected chi connectivity index (χ1v) is 7.13. The van der Waals surface area contributed by atoms with Crippen LogP contribution in [0.3, 0.4) is 0 Å². The molecular formula is C18H17N3O2. The van der Waals surface area contributed by atoms with Crippen molar-refractivity contribution in [2.45, 2.75) is 0 Å². The van der Waals surface area contributed by atoms with E-state index in [1.54, 1.807) is 14.2 Å². The van der Waals surface area contributed by atoms with E-state index in [4.69, 9.17) is 15.2 Å². The Morgan fingerprint density at radius 1 is 0.696 bits per heavy atom. The highest BCUT2D eigenvalue weighted by Gasteiger charge is 2.07. The molecule has 5 nitrogen and oxygen atoms in total. The molecule has 0 aliphatic rings. The number of hydrogen-bond acceptors (Lipinski definition) is 5. The molecule has 0 saturated carbocycles. The van der Waals surface area contributed by atoms with Gasteiger partial charge in [-0.25, -0.2) is 9.97 Å². The highest BCUT2D eigenvalue weighted by molar-refractivity contribution is 5.69. The number of anilines is 1. The van der Waals surface area contributed by atoms with E-state index in [1.165, 1.54) is 0 Å². The Hall–Kier alpha value is -3.08. The van der Waals surface area contributed by atoms with Crippen molar-refractivity contribution >= 4 is 5.95 Å². The summed E-state index contributed by atoms with van der Waals surface area (Å²) in [6, 6.07) is 17.2. The van der Waals surface area contributed by atoms with Gasteiger partial charge in [0.15, 0.2) is 0 Å². The summed E-state index contributed by atoms with van der Waals surface area (Å²) in [4.78, 5) is 8.64. The maximum atomic E-state index is 5.87. The van der Waals surface area contributed by atoms with Crippen molar-refractivity contribution in [2.24, 2.45) is 0 Å². The van der Waals surface area contributed by atoms with Crippen LogP contribution in [0.15, 0.2) is 54.6 Å². The van der Waals surface area contributed by atoms with Crippen LogP contribution in [0.2, 0.25) is 0 Å². The Morgan fingerprint density at radius 3 is 1.43 bits per heavy atom. The van der Waals surface area contributed by atoms with Gasteiger partial charge in [0.2, 0.25) is 5.95 Å².